The van der Waals surface area contributed by atoms with Crippen LogP contribution in [0.3, 0.4) is 0 Å². The number of carbonyl (C=O) groups is 1. The lowest BCUT2D eigenvalue weighted by Crippen LogP contribution is -2.44. The molecule has 1 amide bonds. The molecule has 1 saturated carbocycles. The van der Waals surface area contributed by atoms with Gasteiger partial charge in [0, 0.05) is 6.04 Å². The molecule has 1 N–H and O–H groups in total. The summed E-state index contributed by atoms with van der Waals surface area (Å²) >= 11 is 0. The molecular weight excluding hydrogens is 200 g/mol. The van der Waals surface area contributed by atoms with Crippen LogP contribution in [0.1, 0.15) is 52.4 Å². The molecule has 0 bridgehead atoms. The zero-order valence-electron chi connectivity index (χ0n) is 10.5. The fourth-order valence-electron chi connectivity index (χ4n) is 3.28. The van der Waals surface area contributed by atoms with E-state index in [4.69, 9.17) is 0 Å². The molecule has 0 aromatic heterocycles. The Hall–Kier alpha value is -0.570. The topological polar surface area (TPSA) is 32.3 Å². The molecule has 2 fully saturated rings. The number of rotatable bonds is 3. The van der Waals surface area contributed by atoms with E-state index >= 15 is 0 Å². The zero-order valence-corrected chi connectivity index (χ0v) is 10.5. The summed E-state index contributed by atoms with van der Waals surface area (Å²) in [6.07, 6.45) is 7.97. The van der Waals surface area contributed by atoms with Crippen molar-refractivity contribution in [3.63, 3.8) is 0 Å². The lowest BCUT2D eigenvalue weighted by atomic mass is 9.83. The van der Waals surface area contributed by atoms with E-state index in [1.807, 2.05) is 0 Å². The van der Waals surface area contributed by atoms with Crippen LogP contribution in [0.15, 0.2) is 0 Å². The van der Waals surface area contributed by atoms with Crippen LogP contribution < -0.4 is 5.32 Å². The third-order valence-corrected chi connectivity index (χ3v) is 4.16. The lowest BCUT2D eigenvalue weighted by molar-refractivity contribution is -0.130. The summed E-state index contributed by atoms with van der Waals surface area (Å²) in [4.78, 5) is 13.8. The summed E-state index contributed by atoms with van der Waals surface area (Å²) < 4.78 is 0. The van der Waals surface area contributed by atoms with Gasteiger partial charge in [0.15, 0.2) is 0 Å². The summed E-state index contributed by atoms with van der Waals surface area (Å²) in [5, 5.41) is 3.23. The van der Waals surface area contributed by atoms with Gasteiger partial charge in [-0.05, 0) is 38.5 Å². The molecule has 0 aromatic rings. The van der Waals surface area contributed by atoms with Crippen molar-refractivity contribution < 1.29 is 4.79 Å². The second-order valence-corrected chi connectivity index (χ2v) is 5.32. The van der Waals surface area contributed by atoms with Gasteiger partial charge < -0.3 is 4.90 Å². The van der Waals surface area contributed by atoms with E-state index in [1.54, 1.807) is 0 Å². The fourth-order valence-corrected chi connectivity index (χ4v) is 3.28. The zero-order chi connectivity index (χ0) is 11.5. The van der Waals surface area contributed by atoms with Crippen LogP contribution in [0.25, 0.3) is 0 Å². The maximum absolute atomic E-state index is 11.8. The number of hydrogen-bond acceptors (Lipinski definition) is 2. The Balaban J connectivity index is 1.86. The Kier molecular flexibility index (Phi) is 3.85. The highest BCUT2D eigenvalue weighted by Crippen LogP contribution is 2.31. The molecular formula is C13H24N2O. The fraction of sp³-hybridized carbons (Fsp3) is 0.923. The average Bonchev–Trinajstić information content (AvgIpc) is 2.61. The van der Waals surface area contributed by atoms with Crippen molar-refractivity contribution in [1.29, 1.82) is 0 Å². The predicted octanol–water partition coefficient (Wildman–Crippen LogP) is 2.12. The third-order valence-electron chi connectivity index (χ3n) is 4.16. The Morgan fingerprint density at radius 1 is 1.31 bits per heavy atom. The highest BCUT2D eigenvalue weighted by molar-refractivity contribution is 5.80. The first kappa shape index (κ1) is 11.9. The van der Waals surface area contributed by atoms with Crippen LogP contribution in [0.2, 0.25) is 0 Å². The van der Waals surface area contributed by atoms with Gasteiger partial charge in [-0.1, -0.05) is 19.8 Å². The Morgan fingerprint density at radius 2 is 2.00 bits per heavy atom. The van der Waals surface area contributed by atoms with Crippen molar-refractivity contribution in [2.75, 3.05) is 6.54 Å². The first-order chi connectivity index (χ1) is 7.72. The molecule has 92 valence electrons. The van der Waals surface area contributed by atoms with Gasteiger partial charge in [-0.2, -0.15) is 0 Å². The van der Waals surface area contributed by atoms with Crippen LogP contribution in [-0.4, -0.2) is 29.6 Å². The molecule has 1 aliphatic heterocycles. The van der Waals surface area contributed by atoms with Gasteiger partial charge in [0.25, 0.3) is 0 Å². The molecule has 2 rings (SSSR count). The molecule has 0 spiro atoms. The van der Waals surface area contributed by atoms with Gasteiger partial charge in [0.1, 0.15) is 0 Å². The van der Waals surface area contributed by atoms with Crippen molar-refractivity contribution in [1.82, 2.24) is 10.2 Å². The van der Waals surface area contributed by atoms with Gasteiger partial charge in [0.2, 0.25) is 5.91 Å². The Morgan fingerprint density at radius 3 is 2.50 bits per heavy atom. The first-order valence-electron chi connectivity index (χ1n) is 6.77. The van der Waals surface area contributed by atoms with Crippen LogP contribution in [0.4, 0.5) is 0 Å². The van der Waals surface area contributed by atoms with E-state index in [0.717, 1.165) is 5.92 Å². The third kappa shape index (κ3) is 2.40. The lowest BCUT2D eigenvalue weighted by Gasteiger charge is -2.36. The van der Waals surface area contributed by atoms with E-state index < -0.39 is 0 Å². The maximum Gasteiger partial charge on any atom is 0.238 e. The molecule has 1 aliphatic carbocycles. The summed E-state index contributed by atoms with van der Waals surface area (Å²) in [6.45, 7) is 4.90. The van der Waals surface area contributed by atoms with E-state index in [-0.39, 0.29) is 6.17 Å². The molecule has 0 aromatic carbocycles. The van der Waals surface area contributed by atoms with Crippen LogP contribution in [0.5, 0.6) is 0 Å². The summed E-state index contributed by atoms with van der Waals surface area (Å²) in [7, 11) is 0. The molecule has 16 heavy (non-hydrogen) atoms. The van der Waals surface area contributed by atoms with Crippen molar-refractivity contribution in [2.24, 2.45) is 5.92 Å². The van der Waals surface area contributed by atoms with Crippen LogP contribution in [-0.2, 0) is 4.79 Å². The molecule has 0 radical (unpaired) electrons. The minimum atomic E-state index is 0.250. The van der Waals surface area contributed by atoms with Gasteiger partial charge in [0.05, 0.1) is 12.7 Å². The largest absolute Gasteiger partial charge is 0.323 e. The standard InChI is InChI=1S/C13H24N2O/c1-3-4-11-5-7-12(8-6-11)15-10(2)14-9-13(15)16/h10-12,14H,3-9H2,1-2H3. The highest BCUT2D eigenvalue weighted by atomic mass is 16.2. The number of nitrogens with zero attached hydrogens (tertiary/aromatic N) is 1. The SMILES string of the molecule is CCCC1CCC(N2C(=O)CNC2C)CC1. The van der Waals surface area contributed by atoms with E-state index in [1.165, 1.54) is 38.5 Å². The number of amides is 1. The van der Waals surface area contributed by atoms with Crippen molar-refractivity contribution >= 4 is 5.91 Å². The normalized spacial score (nSPS) is 35.8. The van der Waals surface area contributed by atoms with Gasteiger partial charge in [-0.25, -0.2) is 0 Å². The second kappa shape index (κ2) is 5.17. The van der Waals surface area contributed by atoms with E-state index in [0.29, 0.717) is 18.5 Å². The van der Waals surface area contributed by atoms with Gasteiger partial charge in [-0.3, -0.25) is 10.1 Å². The molecule has 1 unspecified atom stereocenters. The molecule has 1 heterocycles. The van der Waals surface area contributed by atoms with Crippen LogP contribution >= 0.6 is 0 Å². The summed E-state index contributed by atoms with van der Waals surface area (Å²) in [5.41, 5.74) is 0. The molecule has 1 saturated heterocycles. The van der Waals surface area contributed by atoms with Crippen molar-refractivity contribution in [2.45, 2.75) is 64.6 Å². The predicted molar refractivity (Wildman–Crippen MR) is 65.0 cm³/mol. The maximum atomic E-state index is 11.8. The minimum Gasteiger partial charge on any atom is -0.323 e. The number of nitrogens with one attached hydrogen (secondary N) is 1. The Bertz CT molecular complexity index is 246. The smallest absolute Gasteiger partial charge is 0.238 e. The van der Waals surface area contributed by atoms with E-state index in [9.17, 15) is 4.79 Å². The summed E-state index contributed by atoms with van der Waals surface area (Å²) in [6, 6.07) is 0.505. The van der Waals surface area contributed by atoms with Crippen molar-refractivity contribution in [3.8, 4) is 0 Å². The molecule has 1 atom stereocenters. The minimum absolute atomic E-state index is 0.250. The quantitative estimate of drug-likeness (QED) is 0.796. The second-order valence-electron chi connectivity index (χ2n) is 5.32. The highest BCUT2D eigenvalue weighted by Gasteiger charge is 2.34. The molecule has 3 nitrogen and oxygen atoms in total. The van der Waals surface area contributed by atoms with Crippen molar-refractivity contribution in [3.05, 3.63) is 0 Å². The molecule has 2 aliphatic rings. The molecule has 3 heteroatoms. The van der Waals surface area contributed by atoms with E-state index in [2.05, 4.69) is 24.1 Å². The number of hydrogen-bond donors (Lipinski definition) is 1. The first-order valence-corrected chi connectivity index (χ1v) is 6.77. The monoisotopic (exact) mass is 224 g/mol. The average molecular weight is 224 g/mol. The van der Waals surface area contributed by atoms with Gasteiger partial charge in [-0.15, -0.1) is 0 Å². The van der Waals surface area contributed by atoms with Crippen LogP contribution in [0, 0.1) is 5.92 Å². The summed E-state index contributed by atoms with van der Waals surface area (Å²) in [5.74, 6) is 1.22. The van der Waals surface area contributed by atoms with Gasteiger partial charge >= 0.3 is 0 Å². The number of carbonyl (C=O) groups excluding carboxylic acids is 1. The Labute approximate surface area is 98.6 Å².